The summed E-state index contributed by atoms with van der Waals surface area (Å²) >= 11 is 0. The number of carbonyl (C=O) groups is 3. The fourth-order valence-electron chi connectivity index (χ4n) is 3.19. The Morgan fingerprint density at radius 3 is 2.19 bits per heavy atom. The number of urea groups is 1. The Morgan fingerprint density at radius 2 is 1.69 bits per heavy atom. The first-order valence-corrected chi connectivity index (χ1v) is 10.2. The number of carbonyl (C=O) groups excluding carboxylic acids is 2. The predicted octanol–water partition coefficient (Wildman–Crippen LogP) is 2.61. The molecule has 3 rings (SSSR count). The second-order valence-electron chi connectivity index (χ2n) is 8.40. The predicted molar refractivity (Wildman–Crippen MR) is 114 cm³/mol. The van der Waals surface area contributed by atoms with Gasteiger partial charge in [0.2, 0.25) is 11.7 Å². The fourth-order valence-corrected chi connectivity index (χ4v) is 3.19. The lowest BCUT2D eigenvalue weighted by Gasteiger charge is -2.37. The van der Waals surface area contributed by atoms with Gasteiger partial charge in [0.1, 0.15) is 12.1 Å². The molecular weight excluding hydrogens is 418 g/mol. The molecule has 32 heavy (non-hydrogen) atoms. The first kappa shape index (κ1) is 23.0. The number of nitrogens with zero attached hydrogens (tertiary/aromatic N) is 5. The number of rotatable bonds is 4. The zero-order valence-electron chi connectivity index (χ0n) is 18.6. The molecule has 2 heterocycles. The van der Waals surface area contributed by atoms with Gasteiger partial charge in [-0.05, 0) is 45.0 Å². The van der Waals surface area contributed by atoms with Gasteiger partial charge in [-0.3, -0.25) is 9.69 Å². The normalized spacial score (nSPS) is 14.2. The van der Waals surface area contributed by atoms with Gasteiger partial charge in [-0.2, -0.15) is 4.98 Å². The SMILES string of the molecule is Cc1nc(-c2ccc(N(CC(=O)O)C(=O)N3CCN(C(=O)OC(C)(C)C)CC3)cc2)no1. The van der Waals surface area contributed by atoms with E-state index in [4.69, 9.17) is 9.26 Å². The zero-order valence-corrected chi connectivity index (χ0v) is 18.6. The number of aromatic nitrogens is 2. The number of aliphatic carboxylic acids is 1. The van der Waals surface area contributed by atoms with Crippen molar-refractivity contribution in [2.45, 2.75) is 33.3 Å². The summed E-state index contributed by atoms with van der Waals surface area (Å²) in [6.07, 6.45) is -0.431. The van der Waals surface area contributed by atoms with E-state index in [1.807, 2.05) is 0 Å². The monoisotopic (exact) mass is 445 g/mol. The number of carboxylic acids is 1. The maximum atomic E-state index is 13.1. The molecule has 11 nitrogen and oxygen atoms in total. The van der Waals surface area contributed by atoms with Crippen molar-refractivity contribution in [2.24, 2.45) is 0 Å². The summed E-state index contributed by atoms with van der Waals surface area (Å²) in [5.41, 5.74) is 0.504. The van der Waals surface area contributed by atoms with Crippen LogP contribution in [0.4, 0.5) is 15.3 Å². The van der Waals surface area contributed by atoms with Crippen LogP contribution in [0.15, 0.2) is 28.8 Å². The van der Waals surface area contributed by atoms with Crippen LogP contribution in [0.1, 0.15) is 26.7 Å². The number of benzene rings is 1. The second-order valence-corrected chi connectivity index (χ2v) is 8.40. The van der Waals surface area contributed by atoms with Crippen LogP contribution in [0.2, 0.25) is 0 Å². The highest BCUT2D eigenvalue weighted by atomic mass is 16.6. The number of hydrogen-bond acceptors (Lipinski definition) is 7. The molecule has 2 aromatic rings. The standard InChI is InChI=1S/C21H27N5O6/c1-14-22-18(23-32-14)15-5-7-16(8-6-15)26(13-17(27)28)19(29)24-9-11-25(12-10-24)20(30)31-21(2,3)4/h5-8H,9-13H2,1-4H3,(H,27,28). The Hall–Kier alpha value is -3.63. The maximum Gasteiger partial charge on any atom is 0.410 e. The van der Waals surface area contributed by atoms with Crippen LogP contribution in [0.25, 0.3) is 11.4 Å². The van der Waals surface area contributed by atoms with E-state index in [1.54, 1.807) is 52.0 Å². The number of anilines is 1. The van der Waals surface area contributed by atoms with Crippen LogP contribution in [-0.2, 0) is 9.53 Å². The van der Waals surface area contributed by atoms with E-state index in [0.717, 1.165) is 0 Å². The van der Waals surface area contributed by atoms with Gasteiger partial charge in [-0.1, -0.05) is 5.16 Å². The molecule has 1 aromatic heterocycles. The number of ether oxygens (including phenoxy) is 1. The first-order valence-electron chi connectivity index (χ1n) is 10.2. The lowest BCUT2D eigenvalue weighted by molar-refractivity contribution is -0.135. The van der Waals surface area contributed by atoms with Crippen molar-refractivity contribution in [2.75, 3.05) is 37.6 Å². The summed E-state index contributed by atoms with van der Waals surface area (Å²) in [7, 11) is 0. The summed E-state index contributed by atoms with van der Waals surface area (Å²) in [4.78, 5) is 45.2. The minimum atomic E-state index is -1.14. The molecule has 0 saturated carbocycles. The van der Waals surface area contributed by atoms with Crippen LogP contribution >= 0.6 is 0 Å². The average Bonchev–Trinajstić information content (AvgIpc) is 3.17. The van der Waals surface area contributed by atoms with Gasteiger partial charge < -0.3 is 24.2 Å². The van der Waals surface area contributed by atoms with Crippen molar-refractivity contribution in [3.8, 4) is 11.4 Å². The topological polar surface area (TPSA) is 129 Å². The number of amides is 3. The molecule has 0 spiro atoms. The van der Waals surface area contributed by atoms with Crippen molar-refractivity contribution >= 4 is 23.8 Å². The molecule has 1 aliphatic heterocycles. The molecule has 0 radical (unpaired) electrons. The Balaban J connectivity index is 1.69. The molecule has 0 atom stereocenters. The first-order chi connectivity index (χ1) is 15.0. The third-order valence-electron chi connectivity index (χ3n) is 4.69. The highest BCUT2D eigenvalue weighted by Crippen LogP contribution is 2.23. The Morgan fingerprint density at radius 1 is 1.09 bits per heavy atom. The van der Waals surface area contributed by atoms with Crippen molar-refractivity contribution in [1.29, 1.82) is 0 Å². The van der Waals surface area contributed by atoms with Crippen molar-refractivity contribution < 1.29 is 28.8 Å². The fraction of sp³-hybridized carbons (Fsp3) is 0.476. The van der Waals surface area contributed by atoms with E-state index in [-0.39, 0.29) is 13.1 Å². The number of piperazine rings is 1. The van der Waals surface area contributed by atoms with E-state index >= 15 is 0 Å². The van der Waals surface area contributed by atoms with Gasteiger partial charge in [-0.25, -0.2) is 9.59 Å². The third kappa shape index (κ3) is 5.74. The summed E-state index contributed by atoms with van der Waals surface area (Å²) in [6, 6.07) is 6.22. The highest BCUT2D eigenvalue weighted by Gasteiger charge is 2.31. The largest absolute Gasteiger partial charge is 0.480 e. The lowest BCUT2D eigenvalue weighted by atomic mass is 10.2. The quantitative estimate of drug-likeness (QED) is 0.760. The molecule has 0 unspecified atom stereocenters. The Bertz CT molecular complexity index is 973. The lowest BCUT2D eigenvalue weighted by Crippen LogP contribution is -2.55. The minimum Gasteiger partial charge on any atom is -0.480 e. The number of aryl methyl sites for hydroxylation is 1. The molecule has 1 fully saturated rings. The smallest absolute Gasteiger partial charge is 0.410 e. The molecule has 0 aliphatic carbocycles. The highest BCUT2D eigenvalue weighted by molar-refractivity contribution is 5.96. The van der Waals surface area contributed by atoms with E-state index in [2.05, 4.69) is 10.1 Å². The van der Waals surface area contributed by atoms with Crippen LogP contribution in [0, 0.1) is 6.92 Å². The molecule has 1 N–H and O–H groups in total. The van der Waals surface area contributed by atoms with Gasteiger partial charge in [0, 0.05) is 44.4 Å². The molecule has 3 amide bonds. The summed E-state index contributed by atoms with van der Waals surface area (Å²) < 4.78 is 10.3. The second kappa shape index (κ2) is 9.25. The van der Waals surface area contributed by atoms with E-state index in [1.165, 1.54) is 14.7 Å². The zero-order chi connectivity index (χ0) is 23.5. The van der Waals surface area contributed by atoms with Crippen LogP contribution in [-0.4, -0.2) is 81.5 Å². The minimum absolute atomic E-state index is 0.272. The van der Waals surface area contributed by atoms with Gasteiger partial charge in [-0.15, -0.1) is 0 Å². The van der Waals surface area contributed by atoms with Crippen molar-refractivity contribution in [3.05, 3.63) is 30.2 Å². The van der Waals surface area contributed by atoms with E-state index < -0.39 is 30.2 Å². The Kier molecular flexibility index (Phi) is 6.66. The van der Waals surface area contributed by atoms with E-state index in [9.17, 15) is 19.5 Å². The average molecular weight is 445 g/mol. The van der Waals surface area contributed by atoms with Gasteiger partial charge >= 0.3 is 18.1 Å². The Labute approximate surface area is 185 Å². The summed E-state index contributed by atoms with van der Waals surface area (Å²) in [5, 5.41) is 13.2. The molecule has 1 saturated heterocycles. The van der Waals surface area contributed by atoms with Crippen LogP contribution in [0.5, 0.6) is 0 Å². The van der Waals surface area contributed by atoms with Crippen LogP contribution < -0.4 is 4.90 Å². The van der Waals surface area contributed by atoms with Gasteiger partial charge in [0.05, 0.1) is 0 Å². The number of carboxylic acid groups (broad SMARTS) is 1. The third-order valence-corrected chi connectivity index (χ3v) is 4.69. The molecule has 1 aliphatic rings. The maximum absolute atomic E-state index is 13.1. The van der Waals surface area contributed by atoms with Crippen molar-refractivity contribution in [1.82, 2.24) is 19.9 Å². The molecular formula is C21H27N5O6. The van der Waals surface area contributed by atoms with Gasteiger partial charge in [0.25, 0.3) is 0 Å². The molecule has 0 bridgehead atoms. The number of hydrogen-bond donors (Lipinski definition) is 1. The summed E-state index contributed by atoms with van der Waals surface area (Å²) in [5.74, 6) is -0.302. The molecule has 1 aromatic carbocycles. The van der Waals surface area contributed by atoms with Crippen molar-refractivity contribution in [3.63, 3.8) is 0 Å². The van der Waals surface area contributed by atoms with Gasteiger partial charge in [0.15, 0.2) is 0 Å². The molecule has 11 heteroatoms. The summed E-state index contributed by atoms with van der Waals surface area (Å²) in [6.45, 7) is 7.71. The van der Waals surface area contributed by atoms with Crippen LogP contribution in [0.3, 0.4) is 0 Å². The van der Waals surface area contributed by atoms with E-state index in [0.29, 0.717) is 36.1 Å². The molecule has 172 valence electrons.